The molecule has 0 aliphatic heterocycles. The molecule has 0 fully saturated rings. The van der Waals surface area contributed by atoms with Gasteiger partial charge >= 0.3 is 6.01 Å². The van der Waals surface area contributed by atoms with E-state index in [2.05, 4.69) is 14.9 Å². The van der Waals surface area contributed by atoms with E-state index in [4.69, 9.17) is 4.74 Å². The summed E-state index contributed by atoms with van der Waals surface area (Å²) in [6, 6.07) is 9.32. The number of nitrogens with one attached hydrogen (secondary N) is 1. The van der Waals surface area contributed by atoms with Crippen molar-refractivity contribution in [3.05, 3.63) is 66.0 Å². The van der Waals surface area contributed by atoms with Crippen LogP contribution in [-0.2, 0) is 16.6 Å². The van der Waals surface area contributed by atoms with Crippen LogP contribution in [0, 0.1) is 11.6 Å². The van der Waals surface area contributed by atoms with Crippen LogP contribution in [0.1, 0.15) is 25.7 Å². The number of hydrogen-bond donors (Lipinski definition) is 1. The van der Waals surface area contributed by atoms with Crippen LogP contribution >= 0.6 is 0 Å². The van der Waals surface area contributed by atoms with Gasteiger partial charge in [0.05, 0.1) is 10.9 Å². The van der Waals surface area contributed by atoms with E-state index >= 15 is 0 Å². The zero-order valence-electron chi connectivity index (χ0n) is 15.1. The summed E-state index contributed by atoms with van der Waals surface area (Å²) >= 11 is 0. The average molecular weight is 408 g/mol. The standard InChI is InChI=1S/C18H18F2N4O3S/c1-3-24-17(21-22-18(24)27-15-8-4-13(19)5-9-15)12(2)23-28(25,26)16-10-6-14(20)7-11-16/h4-12,23H,3H2,1-2H3/t12-/m1/s1. The quantitative estimate of drug-likeness (QED) is 0.648. The zero-order valence-corrected chi connectivity index (χ0v) is 16.0. The fraction of sp³-hybridized carbons (Fsp3) is 0.222. The molecule has 0 bridgehead atoms. The molecule has 10 heteroatoms. The molecule has 0 saturated carbocycles. The molecule has 0 spiro atoms. The second-order valence-electron chi connectivity index (χ2n) is 5.94. The van der Waals surface area contributed by atoms with Gasteiger partial charge in [-0.1, -0.05) is 5.10 Å². The molecule has 0 aliphatic carbocycles. The lowest BCUT2D eigenvalue weighted by atomic mass is 10.3. The summed E-state index contributed by atoms with van der Waals surface area (Å²) in [6.45, 7) is 3.85. The van der Waals surface area contributed by atoms with Crippen LogP contribution in [0.4, 0.5) is 8.78 Å². The molecular formula is C18H18F2N4O3S. The van der Waals surface area contributed by atoms with Crippen molar-refractivity contribution < 1.29 is 21.9 Å². The van der Waals surface area contributed by atoms with Crippen molar-refractivity contribution in [2.24, 2.45) is 0 Å². The third kappa shape index (κ3) is 4.34. The van der Waals surface area contributed by atoms with Gasteiger partial charge in [-0.05, 0) is 62.4 Å². The molecule has 3 aromatic rings. The van der Waals surface area contributed by atoms with Crippen LogP contribution in [0.2, 0.25) is 0 Å². The van der Waals surface area contributed by atoms with Crippen molar-refractivity contribution in [2.45, 2.75) is 31.3 Å². The number of rotatable bonds is 7. The first-order valence-corrected chi connectivity index (χ1v) is 9.93. The van der Waals surface area contributed by atoms with Crippen molar-refractivity contribution in [3.8, 4) is 11.8 Å². The smallest absolute Gasteiger partial charge is 0.322 e. The Morgan fingerprint density at radius 1 is 1.04 bits per heavy atom. The van der Waals surface area contributed by atoms with Crippen LogP contribution in [0.15, 0.2) is 53.4 Å². The summed E-state index contributed by atoms with van der Waals surface area (Å²) in [6.07, 6.45) is 0. The lowest BCUT2D eigenvalue weighted by Gasteiger charge is -2.15. The van der Waals surface area contributed by atoms with Gasteiger partial charge in [0, 0.05) is 6.54 Å². The summed E-state index contributed by atoms with van der Waals surface area (Å²) < 4.78 is 60.8. The molecule has 0 saturated heterocycles. The predicted octanol–water partition coefficient (Wildman–Crippen LogP) is 3.41. The molecule has 148 valence electrons. The van der Waals surface area contributed by atoms with Crippen LogP contribution in [0.5, 0.6) is 11.8 Å². The average Bonchev–Trinajstić information content (AvgIpc) is 3.06. The molecule has 0 aliphatic rings. The fourth-order valence-electron chi connectivity index (χ4n) is 2.57. The van der Waals surface area contributed by atoms with Gasteiger partial charge in [0.1, 0.15) is 17.4 Å². The maximum atomic E-state index is 13.0. The number of sulfonamides is 1. The molecule has 3 rings (SSSR count). The normalized spacial score (nSPS) is 12.7. The summed E-state index contributed by atoms with van der Waals surface area (Å²) in [5.74, 6) is -0.214. The Labute approximate surface area is 161 Å². The van der Waals surface area contributed by atoms with Crippen molar-refractivity contribution in [2.75, 3.05) is 0 Å². The van der Waals surface area contributed by atoms with Crippen LogP contribution in [-0.4, -0.2) is 23.2 Å². The van der Waals surface area contributed by atoms with Gasteiger partial charge in [0.25, 0.3) is 0 Å². The van der Waals surface area contributed by atoms with Gasteiger partial charge in [0.15, 0.2) is 5.82 Å². The van der Waals surface area contributed by atoms with E-state index in [9.17, 15) is 17.2 Å². The summed E-state index contributed by atoms with van der Waals surface area (Å²) in [4.78, 5) is -0.0638. The molecule has 0 amide bonds. The highest BCUT2D eigenvalue weighted by Gasteiger charge is 2.24. The minimum absolute atomic E-state index is 0.0638. The lowest BCUT2D eigenvalue weighted by Crippen LogP contribution is -2.29. The third-order valence-electron chi connectivity index (χ3n) is 3.93. The highest BCUT2D eigenvalue weighted by Crippen LogP contribution is 2.24. The molecule has 1 atom stereocenters. The Balaban J connectivity index is 1.81. The maximum absolute atomic E-state index is 13.0. The first-order chi connectivity index (χ1) is 13.3. The SMILES string of the molecule is CCn1c(Oc2ccc(F)cc2)nnc1[C@@H](C)NS(=O)(=O)c1ccc(F)cc1. The number of ether oxygens (including phenoxy) is 1. The Bertz CT molecular complexity index is 1050. The minimum Gasteiger partial charge on any atom is -0.424 e. The molecule has 28 heavy (non-hydrogen) atoms. The number of hydrogen-bond acceptors (Lipinski definition) is 5. The van der Waals surface area contributed by atoms with Crippen LogP contribution in [0.25, 0.3) is 0 Å². The molecular weight excluding hydrogens is 390 g/mol. The van der Waals surface area contributed by atoms with Gasteiger partial charge in [-0.15, -0.1) is 5.10 Å². The Kier molecular flexibility index (Phi) is 5.71. The van der Waals surface area contributed by atoms with Crippen molar-refractivity contribution in [3.63, 3.8) is 0 Å². The van der Waals surface area contributed by atoms with E-state index in [1.807, 2.05) is 6.92 Å². The first-order valence-electron chi connectivity index (χ1n) is 8.44. The monoisotopic (exact) mass is 408 g/mol. The zero-order chi connectivity index (χ0) is 20.3. The fourth-order valence-corrected chi connectivity index (χ4v) is 3.77. The lowest BCUT2D eigenvalue weighted by molar-refractivity contribution is 0.407. The van der Waals surface area contributed by atoms with Gasteiger partial charge in [0.2, 0.25) is 10.0 Å². The van der Waals surface area contributed by atoms with E-state index < -0.39 is 27.7 Å². The van der Waals surface area contributed by atoms with Gasteiger partial charge in [-0.2, -0.15) is 0 Å². The topological polar surface area (TPSA) is 86.1 Å². The third-order valence-corrected chi connectivity index (χ3v) is 5.48. The van der Waals surface area contributed by atoms with E-state index in [1.54, 1.807) is 11.5 Å². The van der Waals surface area contributed by atoms with Crippen molar-refractivity contribution in [1.82, 2.24) is 19.5 Å². The largest absolute Gasteiger partial charge is 0.424 e. The molecule has 0 radical (unpaired) electrons. The molecule has 1 heterocycles. The Morgan fingerprint density at radius 3 is 2.18 bits per heavy atom. The van der Waals surface area contributed by atoms with E-state index in [-0.39, 0.29) is 10.9 Å². The van der Waals surface area contributed by atoms with Gasteiger partial charge < -0.3 is 4.74 Å². The summed E-state index contributed by atoms with van der Waals surface area (Å²) in [5.41, 5.74) is 0. The van der Waals surface area contributed by atoms with E-state index in [0.717, 1.165) is 12.1 Å². The summed E-state index contributed by atoms with van der Waals surface area (Å²) in [7, 11) is -3.88. The van der Waals surface area contributed by atoms with Gasteiger partial charge in [-0.3, -0.25) is 4.57 Å². The molecule has 1 N–H and O–H groups in total. The Morgan fingerprint density at radius 2 is 1.61 bits per heavy atom. The van der Waals surface area contributed by atoms with Crippen LogP contribution < -0.4 is 9.46 Å². The van der Waals surface area contributed by atoms with Crippen molar-refractivity contribution in [1.29, 1.82) is 0 Å². The predicted molar refractivity (Wildman–Crippen MR) is 97.3 cm³/mol. The first kappa shape index (κ1) is 19.9. The van der Waals surface area contributed by atoms with Crippen LogP contribution in [0.3, 0.4) is 0 Å². The van der Waals surface area contributed by atoms with Gasteiger partial charge in [-0.25, -0.2) is 21.9 Å². The number of aromatic nitrogens is 3. The maximum Gasteiger partial charge on any atom is 0.322 e. The Hall–Kier alpha value is -2.85. The second-order valence-corrected chi connectivity index (χ2v) is 7.65. The molecule has 1 aromatic heterocycles. The minimum atomic E-state index is -3.88. The molecule has 7 nitrogen and oxygen atoms in total. The van der Waals surface area contributed by atoms with Crippen molar-refractivity contribution >= 4 is 10.0 Å². The number of nitrogens with zero attached hydrogens (tertiary/aromatic N) is 3. The van der Waals surface area contributed by atoms with E-state index in [0.29, 0.717) is 18.1 Å². The highest BCUT2D eigenvalue weighted by molar-refractivity contribution is 7.89. The molecule has 0 unspecified atom stereocenters. The highest BCUT2D eigenvalue weighted by atomic mass is 32.2. The number of halogens is 2. The second kappa shape index (κ2) is 8.03. The number of benzene rings is 2. The summed E-state index contributed by atoms with van der Waals surface area (Å²) in [5, 5.41) is 7.97. The molecule has 2 aromatic carbocycles. The van der Waals surface area contributed by atoms with E-state index in [1.165, 1.54) is 36.4 Å².